The first-order valence-electron chi connectivity index (χ1n) is 6.81. The van der Waals surface area contributed by atoms with Crippen molar-refractivity contribution in [1.82, 2.24) is 20.2 Å². The van der Waals surface area contributed by atoms with Crippen molar-refractivity contribution in [2.24, 2.45) is 12.9 Å². The summed E-state index contributed by atoms with van der Waals surface area (Å²) in [4.78, 5) is 4.24. The lowest BCUT2D eigenvalue weighted by molar-refractivity contribution is 0.522. The van der Waals surface area contributed by atoms with Crippen molar-refractivity contribution in [2.45, 2.75) is 38.6 Å². The maximum atomic E-state index is 5.69. The monoisotopic (exact) mass is 273 g/mol. The number of aryl methyl sites for hydroxylation is 1. The van der Waals surface area contributed by atoms with Gasteiger partial charge in [0.1, 0.15) is 12.2 Å². The maximum absolute atomic E-state index is 5.69. The van der Waals surface area contributed by atoms with E-state index in [0.29, 0.717) is 6.42 Å². The summed E-state index contributed by atoms with van der Waals surface area (Å²) < 4.78 is 1.77. The van der Waals surface area contributed by atoms with E-state index in [0.717, 1.165) is 11.4 Å². The van der Waals surface area contributed by atoms with Gasteiger partial charge in [0.15, 0.2) is 0 Å². The van der Waals surface area contributed by atoms with Gasteiger partial charge >= 0.3 is 0 Å². The van der Waals surface area contributed by atoms with Crippen LogP contribution in [-0.2, 0) is 18.9 Å². The highest BCUT2D eigenvalue weighted by molar-refractivity contribution is 5.29. The number of nitrogens with one attached hydrogen (secondary N) is 1. The minimum Gasteiger partial charge on any atom is -0.271 e. The Hall–Kier alpha value is -1.72. The molecule has 108 valence electrons. The van der Waals surface area contributed by atoms with Crippen molar-refractivity contribution in [2.75, 3.05) is 0 Å². The minimum absolute atomic E-state index is 0.0342. The summed E-state index contributed by atoms with van der Waals surface area (Å²) in [5.74, 6) is 6.60. The highest BCUT2D eigenvalue weighted by Crippen LogP contribution is 2.24. The van der Waals surface area contributed by atoms with E-state index in [-0.39, 0.29) is 11.5 Å². The Bertz CT molecular complexity index is 550. The normalized spacial score (nSPS) is 13.4. The third-order valence-electron chi connectivity index (χ3n) is 3.57. The van der Waals surface area contributed by atoms with E-state index in [2.05, 4.69) is 60.5 Å². The molecule has 1 aromatic carbocycles. The molecule has 2 aromatic rings. The van der Waals surface area contributed by atoms with Crippen molar-refractivity contribution in [3.05, 3.63) is 47.5 Å². The fraction of sp³-hybridized carbons (Fsp3) is 0.467. The van der Waals surface area contributed by atoms with Crippen LogP contribution in [0.15, 0.2) is 30.6 Å². The number of hydrazine groups is 1. The zero-order valence-corrected chi connectivity index (χ0v) is 12.6. The number of nitrogens with zero attached hydrogens (tertiary/aromatic N) is 3. The van der Waals surface area contributed by atoms with Crippen molar-refractivity contribution in [3.63, 3.8) is 0 Å². The van der Waals surface area contributed by atoms with Gasteiger partial charge in [-0.2, -0.15) is 5.10 Å². The van der Waals surface area contributed by atoms with E-state index >= 15 is 0 Å². The zero-order valence-electron chi connectivity index (χ0n) is 12.6. The maximum Gasteiger partial charge on any atom is 0.138 e. The summed E-state index contributed by atoms with van der Waals surface area (Å²) in [5.41, 5.74) is 5.49. The second-order valence-corrected chi connectivity index (χ2v) is 6.10. The quantitative estimate of drug-likeness (QED) is 0.659. The summed E-state index contributed by atoms with van der Waals surface area (Å²) >= 11 is 0. The molecule has 0 radical (unpaired) electrons. The van der Waals surface area contributed by atoms with Crippen LogP contribution < -0.4 is 11.3 Å². The molecule has 20 heavy (non-hydrogen) atoms. The first-order chi connectivity index (χ1) is 9.41. The molecule has 0 saturated carbocycles. The lowest BCUT2D eigenvalue weighted by atomic mass is 9.86. The predicted octanol–water partition coefficient (Wildman–Crippen LogP) is 1.86. The SMILES string of the molecule is Cn1ncnc1CC(NN)c1ccc(C(C)(C)C)cc1. The molecule has 0 saturated heterocycles. The van der Waals surface area contributed by atoms with Crippen molar-refractivity contribution >= 4 is 0 Å². The molecule has 0 amide bonds. The highest BCUT2D eigenvalue weighted by atomic mass is 15.3. The molecular formula is C15H23N5. The summed E-state index contributed by atoms with van der Waals surface area (Å²) in [6.45, 7) is 6.63. The van der Waals surface area contributed by atoms with E-state index in [9.17, 15) is 0 Å². The fourth-order valence-electron chi connectivity index (χ4n) is 2.18. The van der Waals surface area contributed by atoms with E-state index in [1.165, 1.54) is 5.56 Å². The molecule has 1 aromatic heterocycles. The van der Waals surface area contributed by atoms with E-state index in [4.69, 9.17) is 5.84 Å². The van der Waals surface area contributed by atoms with Gasteiger partial charge in [0.25, 0.3) is 0 Å². The molecule has 0 bridgehead atoms. The van der Waals surface area contributed by atoms with E-state index in [1.54, 1.807) is 11.0 Å². The average molecular weight is 273 g/mol. The Morgan fingerprint density at radius 3 is 2.35 bits per heavy atom. The Labute approximate surface area is 120 Å². The largest absolute Gasteiger partial charge is 0.271 e. The molecule has 3 N–H and O–H groups in total. The Balaban J connectivity index is 2.18. The van der Waals surface area contributed by atoms with Crippen molar-refractivity contribution in [1.29, 1.82) is 0 Å². The molecule has 5 nitrogen and oxygen atoms in total. The van der Waals surface area contributed by atoms with Gasteiger partial charge in [-0.15, -0.1) is 0 Å². The van der Waals surface area contributed by atoms with Gasteiger partial charge in [0.05, 0.1) is 6.04 Å². The van der Waals surface area contributed by atoms with Crippen LogP contribution >= 0.6 is 0 Å². The number of nitrogens with two attached hydrogens (primary N) is 1. The van der Waals surface area contributed by atoms with Crippen molar-refractivity contribution in [3.8, 4) is 0 Å². The third-order valence-corrected chi connectivity index (χ3v) is 3.57. The topological polar surface area (TPSA) is 68.8 Å². The predicted molar refractivity (Wildman–Crippen MR) is 79.9 cm³/mol. The first-order valence-corrected chi connectivity index (χ1v) is 6.81. The second-order valence-electron chi connectivity index (χ2n) is 6.10. The van der Waals surface area contributed by atoms with Gasteiger partial charge in [-0.05, 0) is 16.5 Å². The fourth-order valence-corrected chi connectivity index (χ4v) is 2.18. The van der Waals surface area contributed by atoms with Gasteiger partial charge in [0, 0.05) is 13.5 Å². The van der Waals surface area contributed by atoms with Crippen LogP contribution in [0.3, 0.4) is 0 Å². The molecule has 1 atom stereocenters. The van der Waals surface area contributed by atoms with Gasteiger partial charge in [-0.25, -0.2) is 4.98 Å². The van der Waals surface area contributed by atoms with Gasteiger partial charge in [-0.1, -0.05) is 45.0 Å². The number of hydrogen-bond donors (Lipinski definition) is 2. The smallest absolute Gasteiger partial charge is 0.138 e. The average Bonchev–Trinajstić information content (AvgIpc) is 2.80. The molecule has 5 heteroatoms. The van der Waals surface area contributed by atoms with Crippen LogP contribution in [0.1, 0.15) is 43.8 Å². The van der Waals surface area contributed by atoms with E-state index in [1.807, 2.05) is 7.05 Å². The molecule has 0 fully saturated rings. The first kappa shape index (κ1) is 14.7. The molecule has 0 aliphatic rings. The summed E-state index contributed by atoms with van der Waals surface area (Å²) in [5, 5.41) is 4.08. The third kappa shape index (κ3) is 3.23. The van der Waals surface area contributed by atoms with Gasteiger partial charge < -0.3 is 0 Å². The lowest BCUT2D eigenvalue weighted by Gasteiger charge is -2.21. The minimum atomic E-state index is 0.0342. The number of rotatable bonds is 4. The number of benzene rings is 1. The summed E-state index contributed by atoms with van der Waals surface area (Å²) in [6.07, 6.45) is 2.27. The summed E-state index contributed by atoms with van der Waals surface area (Å²) in [6, 6.07) is 8.61. The number of aromatic nitrogens is 3. The zero-order chi connectivity index (χ0) is 14.8. The van der Waals surface area contributed by atoms with Gasteiger partial charge in [-0.3, -0.25) is 16.0 Å². The van der Waals surface area contributed by atoms with E-state index < -0.39 is 0 Å². The number of hydrogen-bond acceptors (Lipinski definition) is 4. The van der Waals surface area contributed by atoms with Crippen molar-refractivity contribution < 1.29 is 0 Å². The van der Waals surface area contributed by atoms with Crippen LogP contribution in [0.2, 0.25) is 0 Å². The van der Waals surface area contributed by atoms with Crippen LogP contribution in [-0.4, -0.2) is 14.8 Å². The Morgan fingerprint density at radius 2 is 1.90 bits per heavy atom. The molecule has 0 spiro atoms. The van der Waals surface area contributed by atoms with Crippen LogP contribution in [0.4, 0.5) is 0 Å². The molecule has 0 aliphatic carbocycles. The molecule has 1 unspecified atom stereocenters. The molecule has 2 rings (SSSR count). The summed E-state index contributed by atoms with van der Waals surface area (Å²) in [7, 11) is 1.89. The molecular weight excluding hydrogens is 250 g/mol. The Kier molecular flexibility index (Phi) is 4.20. The molecule has 1 heterocycles. The van der Waals surface area contributed by atoms with Crippen LogP contribution in [0.5, 0.6) is 0 Å². The van der Waals surface area contributed by atoms with Crippen LogP contribution in [0.25, 0.3) is 0 Å². The van der Waals surface area contributed by atoms with Crippen LogP contribution in [0, 0.1) is 0 Å². The van der Waals surface area contributed by atoms with Gasteiger partial charge in [0.2, 0.25) is 0 Å². The lowest BCUT2D eigenvalue weighted by Crippen LogP contribution is -2.30. The highest BCUT2D eigenvalue weighted by Gasteiger charge is 2.16. The standard InChI is InChI=1S/C15H23N5/c1-15(2,3)12-7-5-11(6-8-12)13(19-16)9-14-17-10-18-20(14)4/h5-8,10,13,19H,9,16H2,1-4H3. The molecule has 0 aliphatic heterocycles. The Morgan fingerprint density at radius 1 is 1.25 bits per heavy atom. The second kappa shape index (κ2) is 5.73.